The Kier molecular flexibility index (Phi) is 8.69. The van der Waals surface area contributed by atoms with Gasteiger partial charge in [-0.05, 0) is 52.6 Å². The van der Waals surface area contributed by atoms with E-state index >= 15 is 0 Å². The van der Waals surface area contributed by atoms with Crippen molar-refractivity contribution in [1.82, 2.24) is 34.9 Å². The van der Waals surface area contributed by atoms with Crippen molar-refractivity contribution in [2.24, 2.45) is 5.41 Å². The third kappa shape index (κ3) is 6.17. The van der Waals surface area contributed by atoms with E-state index < -0.39 is 17.4 Å². The second-order valence-electron chi connectivity index (χ2n) is 13.0. The van der Waals surface area contributed by atoms with Crippen LogP contribution in [0, 0.1) is 5.41 Å². The fourth-order valence-electron chi connectivity index (χ4n) is 7.50. The molecule has 48 heavy (non-hydrogen) atoms. The number of aliphatic hydroxyl groups excluding tert-OH is 1. The number of methoxy groups -OCH3 is 1. The first kappa shape index (κ1) is 32.2. The molecule has 1 aliphatic carbocycles. The fraction of sp³-hybridized carbons (Fsp3) is 0.429. The minimum Gasteiger partial charge on any atom is -0.496 e. The molecular weight excluding hydrogens is 623 g/mol. The van der Waals surface area contributed by atoms with Gasteiger partial charge in [0, 0.05) is 62.8 Å². The Hall–Kier alpha value is -4.33. The Morgan fingerprint density at radius 3 is 2.27 bits per heavy atom. The van der Waals surface area contributed by atoms with E-state index in [2.05, 4.69) is 73.9 Å². The predicted molar refractivity (Wildman–Crippen MR) is 170 cm³/mol. The Bertz CT molecular complexity index is 1690. The highest BCUT2D eigenvalue weighted by Gasteiger charge is 2.53. The zero-order valence-electron chi connectivity index (χ0n) is 26.6. The van der Waals surface area contributed by atoms with Crippen LogP contribution in [0.1, 0.15) is 41.3 Å². The second kappa shape index (κ2) is 12.9. The normalized spacial score (nSPS) is 21.2. The van der Waals surface area contributed by atoms with Crippen LogP contribution < -0.4 is 4.74 Å². The largest absolute Gasteiger partial charge is 0.496 e. The summed E-state index contributed by atoms with van der Waals surface area (Å²) in [4.78, 5) is 20.3. The zero-order chi connectivity index (χ0) is 33.5. The standard InChI is InChI=1S/C35H38F3N7O3/c1-48-30-13-12-27(45-32(35(36,37)38)39-40-41-45)18-26(30)19-42-20-28-21-43(33(47)34(23-46)14-15-34)16-17-44(28)29(22-42)31(24-8-4-2-5-9-24)25-10-6-3-7-11-25/h2-13,18,28-29,31,46H,14-17,19-23H2,1H3/t28-,29+/m1/s1. The minimum atomic E-state index is -4.73. The lowest BCUT2D eigenvalue weighted by molar-refractivity contribution is -0.146. The maximum atomic E-state index is 13.7. The number of piperazine rings is 2. The summed E-state index contributed by atoms with van der Waals surface area (Å²) < 4.78 is 47.4. The fourth-order valence-corrected chi connectivity index (χ4v) is 7.50. The molecule has 0 spiro atoms. The van der Waals surface area contributed by atoms with E-state index in [1.165, 1.54) is 24.3 Å². The van der Waals surface area contributed by atoms with Gasteiger partial charge in [-0.3, -0.25) is 14.6 Å². The average Bonchev–Trinajstić information content (AvgIpc) is 3.74. The van der Waals surface area contributed by atoms with Crippen LogP contribution in [0.3, 0.4) is 0 Å². The first-order valence-corrected chi connectivity index (χ1v) is 16.2. The number of rotatable bonds is 9. The number of halogens is 3. The van der Waals surface area contributed by atoms with Crippen molar-refractivity contribution in [2.75, 3.05) is 46.4 Å². The third-order valence-corrected chi connectivity index (χ3v) is 10.1. The van der Waals surface area contributed by atoms with Crippen molar-refractivity contribution in [3.63, 3.8) is 0 Å². The molecule has 2 saturated heterocycles. The molecule has 0 bridgehead atoms. The van der Waals surface area contributed by atoms with Crippen LogP contribution in [0.15, 0.2) is 78.9 Å². The van der Waals surface area contributed by atoms with Gasteiger partial charge in [0.15, 0.2) is 0 Å². The predicted octanol–water partition coefficient (Wildman–Crippen LogP) is 3.99. The summed E-state index contributed by atoms with van der Waals surface area (Å²) >= 11 is 0. The monoisotopic (exact) mass is 661 g/mol. The molecule has 1 amide bonds. The molecule has 0 radical (unpaired) electrons. The number of alkyl halides is 3. The molecule has 3 heterocycles. The molecule has 3 fully saturated rings. The highest BCUT2D eigenvalue weighted by molar-refractivity contribution is 5.85. The Balaban J connectivity index is 1.24. The highest BCUT2D eigenvalue weighted by atomic mass is 19.4. The van der Waals surface area contributed by atoms with Gasteiger partial charge in [0.25, 0.3) is 5.82 Å². The van der Waals surface area contributed by atoms with Gasteiger partial charge in [-0.1, -0.05) is 60.7 Å². The SMILES string of the molecule is COc1ccc(-n2nnnc2C(F)(F)F)cc1CN1C[C@@H]2CN(C(=O)C3(CO)CC3)CCN2[C@H](C(c2ccccc2)c2ccccc2)C1. The number of carbonyl (C=O) groups excluding carboxylic acids is 1. The lowest BCUT2D eigenvalue weighted by Gasteiger charge is -2.54. The van der Waals surface area contributed by atoms with Crippen LogP contribution >= 0.6 is 0 Å². The third-order valence-electron chi connectivity index (χ3n) is 10.1. The number of fused-ring (bicyclic) bond motifs is 1. The topological polar surface area (TPSA) is 99.8 Å². The van der Waals surface area contributed by atoms with Gasteiger partial charge >= 0.3 is 6.18 Å². The van der Waals surface area contributed by atoms with E-state index in [-0.39, 0.29) is 36.2 Å². The van der Waals surface area contributed by atoms with Crippen LogP contribution in [0.4, 0.5) is 13.2 Å². The molecule has 3 aromatic carbocycles. The molecule has 3 aliphatic rings. The summed E-state index contributed by atoms with van der Waals surface area (Å²) in [5.41, 5.74) is 2.60. The minimum absolute atomic E-state index is 0.00334. The van der Waals surface area contributed by atoms with E-state index in [4.69, 9.17) is 4.74 Å². The van der Waals surface area contributed by atoms with Gasteiger partial charge in [0.2, 0.25) is 5.91 Å². The zero-order valence-corrected chi connectivity index (χ0v) is 26.6. The number of aromatic nitrogens is 4. The van der Waals surface area contributed by atoms with Crippen LogP contribution in [0.5, 0.6) is 5.75 Å². The average molecular weight is 662 g/mol. The Morgan fingerprint density at radius 2 is 1.67 bits per heavy atom. The van der Waals surface area contributed by atoms with Gasteiger partial charge in [0.1, 0.15) is 5.75 Å². The first-order chi connectivity index (χ1) is 23.2. The van der Waals surface area contributed by atoms with Gasteiger partial charge in [-0.15, -0.1) is 5.10 Å². The summed E-state index contributed by atoms with van der Waals surface area (Å²) in [6, 6.07) is 25.7. The maximum Gasteiger partial charge on any atom is 0.453 e. The number of nitrogens with zero attached hydrogens (tertiary/aromatic N) is 7. The number of tetrazole rings is 1. The molecule has 2 aliphatic heterocycles. The number of amides is 1. The Morgan fingerprint density at radius 1 is 0.979 bits per heavy atom. The Labute approximate surface area is 276 Å². The van der Waals surface area contributed by atoms with E-state index in [1.807, 2.05) is 17.0 Å². The smallest absolute Gasteiger partial charge is 0.453 e. The van der Waals surface area contributed by atoms with Crippen molar-refractivity contribution in [3.8, 4) is 11.4 Å². The molecule has 2 atom stereocenters. The summed E-state index contributed by atoms with van der Waals surface area (Å²) in [5.74, 6) is -0.613. The molecule has 252 valence electrons. The molecule has 4 aromatic rings. The lowest BCUT2D eigenvalue weighted by atomic mass is 9.81. The van der Waals surface area contributed by atoms with Gasteiger partial charge < -0.3 is 14.7 Å². The molecule has 7 rings (SSSR count). The second-order valence-corrected chi connectivity index (χ2v) is 13.0. The van der Waals surface area contributed by atoms with Crippen molar-refractivity contribution >= 4 is 5.91 Å². The van der Waals surface area contributed by atoms with Crippen LogP contribution in [-0.4, -0.2) is 104 Å². The molecule has 1 aromatic heterocycles. The molecule has 0 unspecified atom stereocenters. The number of ether oxygens (including phenoxy) is 1. The number of aliphatic hydroxyl groups is 1. The van der Waals surface area contributed by atoms with Gasteiger partial charge in [-0.25, -0.2) is 0 Å². The van der Waals surface area contributed by atoms with Crippen molar-refractivity contribution in [3.05, 3.63) is 101 Å². The van der Waals surface area contributed by atoms with Crippen LogP contribution in [0.2, 0.25) is 0 Å². The van der Waals surface area contributed by atoms with Crippen LogP contribution in [0.25, 0.3) is 5.69 Å². The number of carbonyl (C=O) groups is 1. The maximum absolute atomic E-state index is 13.7. The summed E-state index contributed by atoms with van der Waals surface area (Å²) in [6.45, 7) is 3.38. The van der Waals surface area contributed by atoms with Gasteiger partial charge in [-0.2, -0.15) is 17.9 Å². The number of hydrogen-bond donors (Lipinski definition) is 1. The molecular formula is C35H38F3N7O3. The van der Waals surface area contributed by atoms with Crippen molar-refractivity contribution in [1.29, 1.82) is 0 Å². The highest BCUT2D eigenvalue weighted by Crippen LogP contribution is 2.47. The van der Waals surface area contributed by atoms with E-state index in [1.54, 1.807) is 12.1 Å². The van der Waals surface area contributed by atoms with Crippen molar-refractivity contribution < 1.29 is 27.8 Å². The summed E-state index contributed by atoms with van der Waals surface area (Å²) in [5, 5.41) is 20.1. The molecule has 10 nitrogen and oxygen atoms in total. The number of hydrogen-bond acceptors (Lipinski definition) is 8. The van der Waals surface area contributed by atoms with Crippen LogP contribution in [-0.2, 0) is 17.5 Å². The lowest BCUT2D eigenvalue weighted by Crippen LogP contribution is -2.67. The molecule has 1 N–H and O–H groups in total. The number of benzene rings is 3. The first-order valence-electron chi connectivity index (χ1n) is 16.2. The van der Waals surface area contributed by atoms with E-state index in [9.17, 15) is 23.1 Å². The van der Waals surface area contributed by atoms with Crippen molar-refractivity contribution in [2.45, 2.75) is 43.6 Å². The van der Waals surface area contributed by atoms with E-state index in [0.717, 1.165) is 0 Å². The van der Waals surface area contributed by atoms with Gasteiger partial charge in [0.05, 0.1) is 24.8 Å². The van der Waals surface area contributed by atoms with E-state index in [0.29, 0.717) is 68.1 Å². The quantitative estimate of drug-likeness (QED) is 0.288. The summed E-state index contributed by atoms with van der Waals surface area (Å²) in [7, 11) is 1.54. The summed E-state index contributed by atoms with van der Waals surface area (Å²) in [6.07, 6.45) is -3.31. The molecule has 1 saturated carbocycles. The molecule has 13 heteroatoms.